The predicted molar refractivity (Wildman–Crippen MR) is 125 cm³/mol. The summed E-state index contributed by atoms with van der Waals surface area (Å²) in [4.78, 5) is 15.2. The number of carbonyl (C=O) groups is 1. The molecule has 4 aromatic rings. The third-order valence-corrected chi connectivity index (χ3v) is 7.47. The number of rotatable bonds is 8. The smallest absolute Gasteiger partial charge is 0.250 e. The fourth-order valence-corrected chi connectivity index (χ4v) is 5.45. The summed E-state index contributed by atoms with van der Waals surface area (Å²) in [5, 5.41) is 13.5. The minimum absolute atomic E-state index is 0.180. The molecule has 6 nitrogen and oxygen atoms in total. The van der Waals surface area contributed by atoms with Crippen LogP contribution in [0.5, 0.6) is 0 Å². The Labute approximate surface area is 186 Å². The average molecular weight is 454 g/mol. The van der Waals surface area contributed by atoms with E-state index in [0.717, 1.165) is 30.9 Å². The topological polar surface area (TPSA) is 83.0 Å². The van der Waals surface area contributed by atoms with Gasteiger partial charge in [0.05, 0.1) is 12.0 Å². The van der Waals surface area contributed by atoms with Crippen molar-refractivity contribution in [2.75, 3.05) is 5.75 Å². The van der Waals surface area contributed by atoms with Gasteiger partial charge in [0.1, 0.15) is 0 Å². The van der Waals surface area contributed by atoms with Crippen LogP contribution < -0.4 is 5.43 Å². The van der Waals surface area contributed by atoms with Gasteiger partial charge >= 0.3 is 0 Å². The Kier molecular flexibility index (Phi) is 6.83. The van der Waals surface area contributed by atoms with E-state index in [4.69, 9.17) is 0 Å². The van der Waals surface area contributed by atoms with E-state index in [9.17, 15) is 4.79 Å². The summed E-state index contributed by atoms with van der Waals surface area (Å²) in [6.45, 7) is 2.08. The highest BCUT2D eigenvalue weighted by molar-refractivity contribution is 8.03. The summed E-state index contributed by atoms with van der Waals surface area (Å²) in [6, 6.07) is 16.4. The van der Waals surface area contributed by atoms with Gasteiger partial charge in [-0.15, -0.1) is 10.2 Å². The van der Waals surface area contributed by atoms with Gasteiger partial charge in [-0.2, -0.15) is 5.10 Å². The molecule has 9 heteroatoms. The summed E-state index contributed by atoms with van der Waals surface area (Å²) in [7, 11) is 0. The number of benzene rings is 2. The zero-order chi connectivity index (χ0) is 20.8. The van der Waals surface area contributed by atoms with Gasteiger partial charge in [0, 0.05) is 28.4 Å². The molecule has 2 heterocycles. The molecule has 30 heavy (non-hydrogen) atoms. The normalized spacial score (nSPS) is 11.4. The molecule has 0 aliphatic carbocycles. The lowest BCUT2D eigenvalue weighted by Crippen LogP contribution is -2.19. The first-order chi connectivity index (χ1) is 14.7. The van der Waals surface area contributed by atoms with Gasteiger partial charge in [0.2, 0.25) is 0 Å². The van der Waals surface area contributed by atoms with Crippen LogP contribution in [0.25, 0.3) is 10.9 Å². The summed E-state index contributed by atoms with van der Waals surface area (Å²) >= 11 is 4.52. The molecule has 0 spiro atoms. The number of H-pyrrole nitrogens is 1. The summed E-state index contributed by atoms with van der Waals surface area (Å²) in [5.41, 5.74) is 7.03. The van der Waals surface area contributed by atoms with Gasteiger partial charge in [0.15, 0.2) is 8.68 Å². The van der Waals surface area contributed by atoms with Crippen molar-refractivity contribution in [3.8, 4) is 0 Å². The van der Waals surface area contributed by atoms with E-state index in [1.807, 2.05) is 30.5 Å². The minimum Gasteiger partial charge on any atom is -0.361 e. The highest BCUT2D eigenvalue weighted by Gasteiger charge is 2.09. The number of para-hydroxylation sites is 1. The zero-order valence-electron chi connectivity index (χ0n) is 16.2. The molecule has 0 saturated carbocycles. The molecule has 0 unspecified atom stereocenters. The van der Waals surface area contributed by atoms with Crippen LogP contribution in [0.2, 0.25) is 0 Å². The third-order valence-electron chi connectivity index (χ3n) is 4.21. The Hall–Kier alpha value is -2.62. The summed E-state index contributed by atoms with van der Waals surface area (Å²) in [6.07, 6.45) is 3.51. The van der Waals surface area contributed by atoms with E-state index in [1.54, 1.807) is 18.0 Å². The summed E-state index contributed by atoms with van der Waals surface area (Å²) in [5.74, 6) is 0.908. The fraction of sp³-hybridized carbons (Fsp3) is 0.143. The van der Waals surface area contributed by atoms with Crippen LogP contribution in [0, 0.1) is 6.92 Å². The van der Waals surface area contributed by atoms with Crippen molar-refractivity contribution in [1.82, 2.24) is 20.6 Å². The van der Waals surface area contributed by atoms with E-state index in [0.29, 0.717) is 0 Å². The third kappa shape index (κ3) is 5.50. The second kappa shape index (κ2) is 9.92. The van der Waals surface area contributed by atoms with E-state index in [1.165, 1.54) is 34.2 Å². The number of nitrogens with zero attached hydrogens (tertiary/aromatic N) is 3. The average Bonchev–Trinajstić information content (AvgIpc) is 3.39. The van der Waals surface area contributed by atoms with E-state index >= 15 is 0 Å². The number of aromatic nitrogens is 3. The van der Waals surface area contributed by atoms with Gasteiger partial charge in [-0.3, -0.25) is 4.79 Å². The molecule has 0 bridgehead atoms. The molecule has 4 rings (SSSR count). The molecule has 152 valence electrons. The number of thioether (sulfide) groups is 2. The second-order valence-corrected chi connectivity index (χ2v) is 9.90. The van der Waals surface area contributed by atoms with Crippen LogP contribution in [0.3, 0.4) is 0 Å². The van der Waals surface area contributed by atoms with Crippen molar-refractivity contribution in [3.05, 3.63) is 71.4 Å². The van der Waals surface area contributed by atoms with Crippen LogP contribution in [-0.4, -0.2) is 33.1 Å². The maximum Gasteiger partial charge on any atom is 0.250 e. The van der Waals surface area contributed by atoms with Crippen molar-refractivity contribution in [2.45, 2.75) is 21.4 Å². The van der Waals surface area contributed by atoms with E-state index < -0.39 is 0 Å². The summed E-state index contributed by atoms with van der Waals surface area (Å²) < 4.78 is 1.67. The van der Waals surface area contributed by atoms with E-state index in [2.05, 4.69) is 56.9 Å². The van der Waals surface area contributed by atoms with Crippen LogP contribution in [0.1, 0.15) is 16.7 Å². The molecule has 0 aliphatic rings. The molecule has 1 amide bonds. The lowest BCUT2D eigenvalue weighted by Gasteiger charge is -1.99. The molecular weight excluding hydrogens is 434 g/mol. The number of carbonyl (C=O) groups excluding carboxylic acids is 1. The van der Waals surface area contributed by atoms with Gasteiger partial charge in [-0.05, 0) is 18.6 Å². The minimum atomic E-state index is -0.180. The van der Waals surface area contributed by atoms with Gasteiger partial charge in [-0.25, -0.2) is 5.43 Å². The Morgan fingerprint density at radius 3 is 2.73 bits per heavy atom. The number of aromatic amines is 1. The number of hydrogen-bond acceptors (Lipinski definition) is 7. The van der Waals surface area contributed by atoms with Crippen LogP contribution in [0.4, 0.5) is 0 Å². The predicted octanol–water partition coefficient (Wildman–Crippen LogP) is 4.86. The first-order valence-electron chi connectivity index (χ1n) is 9.20. The lowest BCUT2D eigenvalue weighted by atomic mass is 10.2. The molecule has 2 N–H and O–H groups in total. The second-order valence-electron chi connectivity index (χ2n) is 6.48. The molecule has 2 aromatic carbocycles. The number of nitrogens with one attached hydrogen (secondary N) is 2. The van der Waals surface area contributed by atoms with Crippen molar-refractivity contribution in [2.24, 2.45) is 5.10 Å². The van der Waals surface area contributed by atoms with Crippen molar-refractivity contribution in [1.29, 1.82) is 0 Å². The molecule has 0 radical (unpaired) electrons. The van der Waals surface area contributed by atoms with Crippen LogP contribution >= 0.6 is 34.9 Å². The van der Waals surface area contributed by atoms with Crippen LogP contribution in [-0.2, 0) is 10.5 Å². The Morgan fingerprint density at radius 1 is 1.13 bits per heavy atom. The fourth-order valence-electron chi connectivity index (χ4n) is 2.68. The quantitative estimate of drug-likeness (QED) is 0.226. The number of fused-ring (bicyclic) bond motifs is 1. The Balaban J connectivity index is 1.22. The number of hydrazone groups is 1. The largest absolute Gasteiger partial charge is 0.361 e. The van der Waals surface area contributed by atoms with Crippen molar-refractivity contribution in [3.63, 3.8) is 0 Å². The lowest BCUT2D eigenvalue weighted by molar-refractivity contribution is -0.118. The molecule has 0 fully saturated rings. The van der Waals surface area contributed by atoms with Gasteiger partial charge in [0.25, 0.3) is 5.91 Å². The highest BCUT2D eigenvalue weighted by Crippen LogP contribution is 2.30. The van der Waals surface area contributed by atoms with Gasteiger partial charge < -0.3 is 4.98 Å². The monoisotopic (exact) mass is 453 g/mol. The number of hydrogen-bond donors (Lipinski definition) is 2. The maximum atomic E-state index is 12.1. The van der Waals surface area contributed by atoms with Crippen molar-refractivity contribution < 1.29 is 4.79 Å². The number of aryl methyl sites for hydroxylation is 1. The van der Waals surface area contributed by atoms with E-state index in [-0.39, 0.29) is 11.7 Å². The Morgan fingerprint density at radius 2 is 1.90 bits per heavy atom. The highest BCUT2D eigenvalue weighted by atomic mass is 32.2. The van der Waals surface area contributed by atoms with Crippen molar-refractivity contribution >= 4 is 57.9 Å². The molecule has 0 aliphatic heterocycles. The molecule has 0 atom stereocenters. The first-order valence-corrected chi connectivity index (χ1v) is 12.0. The molecule has 2 aromatic heterocycles. The van der Waals surface area contributed by atoms with Gasteiger partial charge in [-0.1, -0.05) is 82.9 Å². The SMILES string of the molecule is Cc1ccc(CSc2nnc(SCC(=O)N/N=C\c3c[nH]c4ccccc34)s2)cc1. The zero-order valence-corrected chi connectivity index (χ0v) is 18.6. The molecular formula is C21H19N5OS3. The Bertz CT molecular complexity index is 1170. The number of amides is 1. The molecule has 0 saturated heterocycles. The maximum absolute atomic E-state index is 12.1. The standard InChI is InChI=1S/C21H19N5OS3/c1-14-6-8-15(9-7-14)12-28-20-25-26-21(30-20)29-13-19(27)24-23-11-16-10-22-18-5-3-2-4-17(16)18/h2-11,22H,12-13H2,1H3,(H,24,27)/b23-11-. The first kappa shape index (κ1) is 20.6. The van der Waals surface area contributed by atoms with Crippen LogP contribution in [0.15, 0.2) is 68.5 Å².